The van der Waals surface area contributed by atoms with Crippen molar-refractivity contribution >= 4 is 30.1 Å². The zero-order valence-electron chi connectivity index (χ0n) is 14.8. The van der Waals surface area contributed by atoms with Crippen LogP contribution in [0.2, 0.25) is 0 Å². The summed E-state index contributed by atoms with van der Waals surface area (Å²) in [5, 5.41) is 3.40. The number of ether oxygens (including phenoxy) is 1. The third-order valence-corrected chi connectivity index (χ3v) is 5.10. The first-order valence-electron chi connectivity index (χ1n) is 8.34. The van der Waals surface area contributed by atoms with Gasteiger partial charge in [0.05, 0.1) is 18.9 Å². The molecule has 1 aliphatic rings. The number of methoxy groups -OCH3 is 1. The Morgan fingerprint density at radius 1 is 1.42 bits per heavy atom. The van der Waals surface area contributed by atoms with E-state index in [1.807, 2.05) is 23.1 Å². The number of nitrogens with zero attached hydrogens (tertiary/aromatic N) is 1. The molecule has 1 heterocycles. The molecular formula is C18H29ClN2O2S. The first-order chi connectivity index (χ1) is 11.1. The minimum atomic E-state index is 0. The van der Waals surface area contributed by atoms with E-state index in [9.17, 15) is 4.79 Å². The SMILES string of the molecule is COc1ccccc1C1CNCCN1C(=O)CSCCC(C)C.Cl. The van der Waals surface area contributed by atoms with E-state index in [0.717, 1.165) is 43.1 Å². The third-order valence-electron chi connectivity index (χ3n) is 4.13. The Hall–Kier alpha value is -0.910. The van der Waals surface area contributed by atoms with Gasteiger partial charge in [0.15, 0.2) is 0 Å². The minimum absolute atomic E-state index is 0. The van der Waals surface area contributed by atoms with Crippen LogP contribution in [-0.4, -0.2) is 49.1 Å². The number of hydrogen-bond donors (Lipinski definition) is 1. The van der Waals surface area contributed by atoms with Crippen LogP contribution in [0.5, 0.6) is 5.75 Å². The van der Waals surface area contributed by atoms with Crippen molar-refractivity contribution in [2.45, 2.75) is 26.3 Å². The van der Waals surface area contributed by atoms with Gasteiger partial charge in [0, 0.05) is 25.2 Å². The molecule has 0 bridgehead atoms. The van der Waals surface area contributed by atoms with Gasteiger partial charge in [-0.1, -0.05) is 32.0 Å². The average molecular weight is 373 g/mol. The molecule has 0 aromatic heterocycles. The predicted octanol–water partition coefficient (Wildman–Crippen LogP) is 3.37. The van der Waals surface area contributed by atoms with Gasteiger partial charge < -0.3 is 15.0 Å². The number of carbonyl (C=O) groups is 1. The lowest BCUT2D eigenvalue weighted by Crippen LogP contribution is -2.49. The molecule has 2 rings (SSSR count). The van der Waals surface area contributed by atoms with Crippen molar-refractivity contribution in [1.82, 2.24) is 10.2 Å². The highest BCUT2D eigenvalue weighted by molar-refractivity contribution is 7.99. The summed E-state index contributed by atoms with van der Waals surface area (Å²) in [5.74, 6) is 3.40. The van der Waals surface area contributed by atoms with E-state index in [4.69, 9.17) is 4.74 Å². The molecule has 136 valence electrons. The summed E-state index contributed by atoms with van der Waals surface area (Å²) in [5.41, 5.74) is 1.09. The maximum absolute atomic E-state index is 12.7. The van der Waals surface area contributed by atoms with Gasteiger partial charge in [0.2, 0.25) is 5.91 Å². The smallest absolute Gasteiger partial charge is 0.233 e. The summed E-state index contributed by atoms with van der Waals surface area (Å²) in [7, 11) is 1.68. The summed E-state index contributed by atoms with van der Waals surface area (Å²) in [6.45, 7) is 6.83. The largest absolute Gasteiger partial charge is 0.496 e. The van der Waals surface area contributed by atoms with Gasteiger partial charge in [0.25, 0.3) is 0 Å². The van der Waals surface area contributed by atoms with E-state index in [1.54, 1.807) is 18.9 Å². The molecule has 0 spiro atoms. The highest BCUT2D eigenvalue weighted by atomic mass is 35.5. The maximum atomic E-state index is 12.7. The lowest BCUT2D eigenvalue weighted by atomic mass is 10.0. The van der Waals surface area contributed by atoms with Crippen molar-refractivity contribution in [2.75, 3.05) is 38.2 Å². The molecule has 6 heteroatoms. The molecule has 0 saturated carbocycles. The summed E-state index contributed by atoms with van der Waals surface area (Å²) in [6, 6.07) is 8.05. The summed E-state index contributed by atoms with van der Waals surface area (Å²) >= 11 is 1.75. The van der Waals surface area contributed by atoms with Gasteiger partial charge in [0.1, 0.15) is 5.75 Å². The van der Waals surface area contributed by atoms with Crippen LogP contribution in [0.4, 0.5) is 0 Å². The number of para-hydroxylation sites is 1. The van der Waals surface area contributed by atoms with Crippen LogP contribution in [0, 0.1) is 5.92 Å². The highest BCUT2D eigenvalue weighted by Crippen LogP contribution is 2.30. The molecule has 24 heavy (non-hydrogen) atoms. The Morgan fingerprint density at radius 3 is 2.88 bits per heavy atom. The van der Waals surface area contributed by atoms with Crippen LogP contribution >= 0.6 is 24.2 Å². The van der Waals surface area contributed by atoms with Crippen LogP contribution in [0.1, 0.15) is 31.9 Å². The Morgan fingerprint density at radius 2 is 2.17 bits per heavy atom. The third kappa shape index (κ3) is 5.87. The molecule has 0 radical (unpaired) electrons. The molecule has 1 fully saturated rings. The number of piperazine rings is 1. The van der Waals surface area contributed by atoms with Crippen LogP contribution in [0.15, 0.2) is 24.3 Å². The molecule has 4 nitrogen and oxygen atoms in total. The van der Waals surface area contributed by atoms with Gasteiger partial charge in [-0.05, 0) is 24.2 Å². The first kappa shape index (κ1) is 21.1. The molecule has 1 unspecified atom stereocenters. The molecule has 1 aromatic rings. The van der Waals surface area contributed by atoms with Crippen molar-refractivity contribution in [2.24, 2.45) is 5.92 Å². The second-order valence-electron chi connectivity index (χ2n) is 6.28. The van der Waals surface area contributed by atoms with Gasteiger partial charge in [-0.25, -0.2) is 0 Å². The van der Waals surface area contributed by atoms with Gasteiger partial charge >= 0.3 is 0 Å². The Labute approximate surface area is 156 Å². The molecule has 1 saturated heterocycles. The topological polar surface area (TPSA) is 41.6 Å². The van der Waals surface area contributed by atoms with Crippen molar-refractivity contribution in [1.29, 1.82) is 0 Å². The zero-order chi connectivity index (χ0) is 16.7. The van der Waals surface area contributed by atoms with E-state index >= 15 is 0 Å². The number of carbonyl (C=O) groups excluding carboxylic acids is 1. The van der Waals surface area contributed by atoms with Crippen molar-refractivity contribution < 1.29 is 9.53 Å². The minimum Gasteiger partial charge on any atom is -0.496 e. The van der Waals surface area contributed by atoms with Crippen LogP contribution < -0.4 is 10.1 Å². The molecule has 1 atom stereocenters. The van der Waals surface area contributed by atoms with E-state index in [2.05, 4.69) is 25.2 Å². The average Bonchev–Trinajstić information content (AvgIpc) is 2.58. The number of rotatable bonds is 7. The zero-order valence-corrected chi connectivity index (χ0v) is 16.4. The van der Waals surface area contributed by atoms with E-state index in [0.29, 0.717) is 11.7 Å². The van der Waals surface area contributed by atoms with Crippen molar-refractivity contribution in [3.63, 3.8) is 0 Å². The number of thioether (sulfide) groups is 1. The Balaban J connectivity index is 0.00000288. The lowest BCUT2D eigenvalue weighted by Gasteiger charge is -2.37. The number of hydrogen-bond acceptors (Lipinski definition) is 4. The Bertz CT molecular complexity index is 514. The normalized spacial score (nSPS) is 17.5. The van der Waals surface area contributed by atoms with E-state index in [-0.39, 0.29) is 24.4 Å². The first-order valence-corrected chi connectivity index (χ1v) is 9.49. The standard InChI is InChI=1S/C18H28N2O2S.ClH/c1-14(2)8-11-23-13-18(21)20-10-9-19-12-16(20)15-6-4-5-7-17(15)22-3;/h4-7,14,16,19H,8-13H2,1-3H3;1H. The fraction of sp³-hybridized carbons (Fsp3) is 0.611. The van der Waals surface area contributed by atoms with E-state index < -0.39 is 0 Å². The molecule has 1 aromatic carbocycles. The number of halogens is 1. The second kappa shape index (κ2) is 10.9. The summed E-state index contributed by atoms with van der Waals surface area (Å²) in [6.07, 6.45) is 1.16. The lowest BCUT2D eigenvalue weighted by molar-refractivity contribution is -0.131. The summed E-state index contributed by atoms with van der Waals surface area (Å²) in [4.78, 5) is 14.7. The van der Waals surface area contributed by atoms with Crippen LogP contribution in [0.25, 0.3) is 0 Å². The van der Waals surface area contributed by atoms with Crippen LogP contribution in [-0.2, 0) is 4.79 Å². The molecular weight excluding hydrogens is 344 g/mol. The Kier molecular flexibility index (Phi) is 9.56. The highest BCUT2D eigenvalue weighted by Gasteiger charge is 2.29. The van der Waals surface area contributed by atoms with Crippen LogP contribution in [0.3, 0.4) is 0 Å². The fourth-order valence-electron chi connectivity index (χ4n) is 2.78. The van der Waals surface area contributed by atoms with E-state index in [1.165, 1.54) is 0 Å². The van der Waals surface area contributed by atoms with Crippen molar-refractivity contribution in [3.8, 4) is 5.75 Å². The van der Waals surface area contributed by atoms with Gasteiger partial charge in [-0.15, -0.1) is 12.4 Å². The maximum Gasteiger partial charge on any atom is 0.233 e. The second-order valence-corrected chi connectivity index (χ2v) is 7.39. The quantitative estimate of drug-likeness (QED) is 0.745. The number of nitrogens with one attached hydrogen (secondary N) is 1. The summed E-state index contributed by atoms with van der Waals surface area (Å²) < 4.78 is 5.48. The molecule has 0 aliphatic carbocycles. The molecule has 1 aliphatic heterocycles. The number of benzene rings is 1. The van der Waals surface area contributed by atoms with Gasteiger partial charge in [-0.2, -0.15) is 11.8 Å². The molecule has 1 amide bonds. The van der Waals surface area contributed by atoms with Gasteiger partial charge in [-0.3, -0.25) is 4.79 Å². The fourth-order valence-corrected chi connectivity index (χ4v) is 3.91. The molecule has 1 N–H and O–H groups in total. The monoisotopic (exact) mass is 372 g/mol. The predicted molar refractivity (Wildman–Crippen MR) is 104 cm³/mol. The number of amides is 1. The van der Waals surface area contributed by atoms with Crippen molar-refractivity contribution in [3.05, 3.63) is 29.8 Å².